The van der Waals surface area contributed by atoms with Crippen LogP contribution in [0.1, 0.15) is 32.3 Å². The van der Waals surface area contributed by atoms with Crippen molar-refractivity contribution >= 4 is 0 Å². The zero-order valence-corrected chi connectivity index (χ0v) is 12.7. The molecule has 0 aliphatic carbocycles. The van der Waals surface area contributed by atoms with Crippen LogP contribution in [0, 0.1) is 17.2 Å². The number of phenolic OH excluding ortho intramolecular Hbond substituents is 1. The van der Waals surface area contributed by atoms with E-state index in [2.05, 4.69) is 25.2 Å². The fraction of sp³-hybridized carbons (Fsp3) is 0.562. The van der Waals surface area contributed by atoms with Crippen LogP contribution in [0.3, 0.4) is 0 Å². The summed E-state index contributed by atoms with van der Waals surface area (Å²) in [6, 6.07) is 7.69. The van der Waals surface area contributed by atoms with Gasteiger partial charge in [0.25, 0.3) is 0 Å². The van der Waals surface area contributed by atoms with Crippen molar-refractivity contribution in [3.05, 3.63) is 23.8 Å². The lowest BCUT2D eigenvalue weighted by Gasteiger charge is -2.31. The minimum atomic E-state index is -0.558. The second-order valence-corrected chi connectivity index (χ2v) is 5.33. The highest BCUT2D eigenvalue weighted by Gasteiger charge is 2.36. The number of benzene rings is 1. The third-order valence-corrected chi connectivity index (χ3v) is 3.88. The van der Waals surface area contributed by atoms with Gasteiger partial charge in [0.2, 0.25) is 0 Å². The van der Waals surface area contributed by atoms with Gasteiger partial charge in [-0.3, -0.25) is 0 Å². The fourth-order valence-electron chi connectivity index (χ4n) is 2.52. The van der Waals surface area contributed by atoms with Gasteiger partial charge >= 0.3 is 0 Å². The van der Waals surface area contributed by atoms with E-state index in [1.54, 1.807) is 12.1 Å². The van der Waals surface area contributed by atoms with Crippen LogP contribution in [0.4, 0.5) is 0 Å². The third-order valence-electron chi connectivity index (χ3n) is 3.88. The number of nitrogens with one attached hydrogen (secondary N) is 1. The summed E-state index contributed by atoms with van der Waals surface area (Å²) in [5, 5.41) is 22.6. The Hall–Kier alpha value is -1.73. The number of rotatable bonds is 7. The summed E-state index contributed by atoms with van der Waals surface area (Å²) in [5.41, 5.74) is 0.346. The molecule has 4 heteroatoms. The summed E-state index contributed by atoms with van der Waals surface area (Å²) < 4.78 is 5.16. The first-order valence-electron chi connectivity index (χ1n) is 6.95. The molecule has 0 unspecified atom stereocenters. The summed E-state index contributed by atoms with van der Waals surface area (Å²) in [6.07, 6.45) is 1.70. The van der Waals surface area contributed by atoms with Crippen LogP contribution in [-0.2, 0) is 5.41 Å². The van der Waals surface area contributed by atoms with E-state index >= 15 is 0 Å². The third kappa shape index (κ3) is 3.23. The van der Waals surface area contributed by atoms with Crippen molar-refractivity contribution in [3.63, 3.8) is 0 Å². The molecule has 0 bridgehead atoms. The zero-order valence-electron chi connectivity index (χ0n) is 12.7. The molecule has 0 aliphatic rings. The summed E-state index contributed by atoms with van der Waals surface area (Å²) >= 11 is 0. The van der Waals surface area contributed by atoms with Crippen molar-refractivity contribution in [2.75, 3.05) is 20.7 Å². The number of hydrogen-bond donors (Lipinski definition) is 2. The minimum Gasteiger partial charge on any atom is -0.504 e. The summed E-state index contributed by atoms with van der Waals surface area (Å²) in [4.78, 5) is 0. The molecule has 0 aromatic heterocycles. The lowest BCUT2D eigenvalue weighted by Crippen LogP contribution is -2.31. The molecule has 0 heterocycles. The molecule has 2 N–H and O–H groups in total. The summed E-state index contributed by atoms with van der Waals surface area (Å²) in [7, 11) is 3.43. The maximum absolute atomic E-state index is 9.76. The highest BCUT2D eigenvalue weighted by Crippen LogP contribution is 2.39. The average molecular weight is 276 g/mol. The number of methoxy groups -OCH3 is 1. The van der Waals surface area contributed by atoms with Gasteiger partial charge in [-0.05, 0) is 50.0 Å². The van der Waals surface area contributed by atoms with Crippen molar-refractivity contribution in [1.82, 2.24) is 5.32 Å². The normalized spacial score (nSPS) is 13.8. The number of nitriles is 1. The molecule has 110 valence electrons. The van der Waals surface area contributed by atoms with E-state index in [0.717, 1.165) is 24.9 Å². The minimum absolute atomic E-state index is 0.0991. The molecule has 1 aromatic carbocycles. The summed E-state index contributed by atoms with van der Waals surface area (Å²) in [6.45, 7) is 5.00. The average Bonchev–Trinajstić information content (AvgIpc) is 2.44. The molecule has 1 aromatic rings. The van der Waals surface area contributed by atoms with Gasteiger partial charge in [-0.25, -0.2) is 0 Å². The molecule has 0 saturated heterocycles. The second-order valence-electron chi connectivity index (χ2n) is 5.33. The Kier molecular flexibility index (Phi) is 5.84. The van der Waals surface area contributed by atoms with Crippen molar-refractivity contribution < 1.29 is 9.84 Å². The van der Waals surface area contributed by atoms with Crippen molar-refractivity contribution in [2.45, 2.75) is 32.1 Å². The molecule has 0 amide bonds. The SMILES string of the molecule is CNCCC[C@](C#N)(c1ccc(O)c(OC)c1)C(C)C. The number of hydrogen-bond acceptors (Lipinski definition) is 4. The molecule has 0 fully saturated rings. The molecular formula is C16H24N2O2. The standard InChI is InChI=1S/C16H24N2O2/c1-12(2)16(11-17,8-5-9-18-3)13-6-7-14(19)15(10-13)20-4/h6-7,10,12,18-19H,5,8-9H2,1-4H3/t16-/m1/s1. The summed E-state index contributed by atoms with van der Waals surface area (Å²) in [5.74, 6) is 0.692. The Labute approximate surface area is 121 Å². The Balaban J connectivity index is 3.20. The van der Waals surface area contributed by atoms with E-state index < -0.39 is 5.41 Å². The van der Waals surface area contributed by atoms with E-state index in [9.17, 15) is 10.4 Å². The van der Waals surface area contributed by atoms with Crippen molar-refractivity contribution in [3.8, 4) is 17.6 Å². The number of ether oxygens (including phenoxy) is 1. The van der Waals surface area contributed by atoms with Gasteiger partial charge in [0.15, 0.2) is 11.5 Å². The molecular weight excluding hydrogens is 252 g/mol. The predicted octanol–water partition coefficient (Wildman–Crippen LogP) is 2.82. The maximum Gasteiger partial charge on any atom is 0.160 e. The molecule has 0 aliphatic heterocycles. The largest absolute Gasteiger partial charge is 0.504 e. The lowest BCUT2D eigenvalue weighted by molar-refractivity contribution is 0.348. The molecule has 20 heavy (non-hydrogen) atoms. The molecule has 1 atom stereocenters. The molecule has 0 radical (unpaired) electrons. The predicted molar refractivity (Wildman–Crippen MR) is 79.9 cm³/mol. The van der Waals surface area contributed by atoms with Gasteiger partial charge in [0.05, 0.1) is 18.6 Å². The second kappa shape index (κ2) is 7.16. The first kappa shape index (κ1) is 16.3. The van der Waals surface area contributed by atoms with Crippen LogP contribution in [-0.4, -0.2) is 25.8 Å². The highest BCUT2D eigenvalue weighted by molar-refractivity contribution is 5.46. The number of aromatic hydroxyl groups is 1. The van der Waals surface area contributed by atoms with Crippen LogP contribution in [0.15, 0.2) is 18.2 Å². The van der Waals surface area contributed by atoms with E-state index in [1.807, 2.05) is 13.1 Å². The first-order chi connectivity index (χ1) is 9.51. The molecule has 1 rings (SSSR count). The van der Waals surface area contributed by atoms with Crippen molar-refractivity contribution in [1.29, 1.82) is 5.26 Å². The van der Waals surface area contributed by atoms with Gasteiger partial charge in [0, 0.05) is 0 Å². The maximum atomic E-state index is 9.76. The smallest absolute Gasteiger partial charge is 0.160 e. The van der Waals surface area contributed by atoms with Gasteiger partial charge < -0.3 is 15.2 Å². The van der Waals surface area contributed by atoms with Crippen LogP contribution >= 0.6 is 0 Å². The van der Waals surface area contributed by atoms with Gasteiger partial charge in [-0.2, -0.15) is 5.26 Å². The van der Waals surface area contributed by atoms with Gasteiger partial charge in [-0.15, -0.1) is 0 Å². The van der Waals surface area contributed by atoms with E-state index in [-0.39, 0.29) is 11.7 Å². The van der Waals surface area contributed by atoms with E-state index in [0.29, 0.717) is 5.75 Å². The lowest BCUT2D eigenvalue weighted by atomic mass is 9.70. The molecule has 0 spiro atoms. The Bertz CT molecular complexity index is 480. The van der Waals surface area contributed by atoms with Gasteiger partial charge in [-0.1, -0.05) is 19.9 Å². The zero-order chi connectivity index (χ0) is 15.2. The van der Waals surface area contributed by atoms with Gasteiger partial charge in [0.1, 0.15) is 0 Å². The quantitative estimate of drug-likeness (QED) is 0.752. The Morgan fingerprint density at radius 1 is 1.45 bits per heavy atom. The Morgan fingerprint density at radius 3 is 2.65 bits per heavy atom. The number of phenols is 1. The molecule has 0 saturated carbocycles. The Morgan fingerprint density at radius 2 is 2.15 bits per heavy atom. The highest BCUT2D eigenvalue weighted by atomic mass is 16.5. The van der Waals surface area contributed by atoms with E-state index in [4.69, 9.17) is 4.74 Å². The number of nitrogens with zero attached hydrogens (tertiary/aromatic N) is 1. The van der Waals surface area contributed by atoms with Crippen LogP contribution < -0.4 is 10.1 Å². The van der Waals surface area contributed by atoms with E-state index in [1.165, 1.54) is 7.11 Å². The molecule has 4 nitrogen and oxygen atoms in total. The van der Waals surface area contributed by atoms with Crippen molar-refractivity contribution in [2.24, 2.45) is 5.92 Å². The van der Waals surface area contributed by atoms with Crippen LogP contribution in [0.5, 0.6) is 11.5 Å². The van der Waals surface area contributed by atoms with Crippen LogP contribution in [0.25, 0.3) is 0 Å². The first-order valence-corrected chi connectivity index (χ1v) is 6.95. The fourth-order valence-corrected chi connectivity index (χ4v) is 2.52. The van der Waals surface area contributed by atoms with Crippen LogP contribution in [0.2, 0.25) is 0 Å². The monoisotopic (exact) mass is 276 g/mol. The topological polar surface area (TPSA) is 65.3 Å².